The molecule has 2 N–H and O–H groups in total. The van der Waals surface area contributed by atoms with E-state index >= 15 is 0 Å². The smallest absolute Gasteiger partial charge is 0.0589 e. The maximum Gasteiger partial charge on any atom is 0.0589 e. The molecule has 0 spiro atoms. The van der Waals surface area contributed by atoms with Crippen molar-refractivity contribution in [3.05, 3.63) is 29.8 Å². The lowest BCUT2D eigenvalue weighted by molar-refractivity contribution is 0.139. The first-order valence-corrected chi connectivity index (χ1v) is 5.87. The summed E-state index contributed by atoms with van der Waals surface area (Å²) in [5.41, 5.74) is 7.92. The second-order valence-corrected chi connectivity index (χ2v) is 4.44. The van der Waals surface area contributed by atoms with Gasteiger partial charge in [0.2, 0.25) is 0 Å². The van der Waals surface area contributed by atoms with E-state index in [4.69, 9.17) is 10.5 Å². The van der Waals surface area contributed by atoms with Gasteiger partial charge >= 0.3 is 0 Å². The van der Waals surface area contributed by atoms with Crippen LogP contribution in [0.4, 0.5) is 5.69 Å². The minimum absolute atomic E-state index is 0.761. The number of benzene rings is 1. The van der Waals surface area contributed by atoms with Gasteiger partial charge in [0, 0.05) is 31.9 Å². The molecule has 1 aromatic rings. The molecule has 88 valence electrons. The van der Waals surface area contributed by atoms with Crippen LogP contribution < -0.4 is 5.73 Å². The standard InChI is InChI=1S/C13H20N2O/c1-16-8-7-15(13-5-6-13)10-11-3-2-4-12(14)9-11/h2-4,9,13H,5-8,10,14H2,1H3. The van der Waals surface area contributed by atoms with Crippen LogP contribution >= 0.6 is 0 Å². The van der Waals surface area contributed by atoms with Gasteiger partial charge in [-0.05, 0) is 30.5 Å². The highest BCUT2D eigenvalue weighted by Gasteiger charge is 2.28. The van der Waals surface area contributed by atoms with Crippen LogP contribution in [0.25, 0.3) is 0 Å². The van der Waals surface area contributed by atoms with Gasteiger partial charge in [-0.25, -0.2) is 0 Å². The Balaban J connectivity index is 1.94. The molecule has 0 aromatic heterocycles. The Morgan fingerprint density at radius 3 is 2.88 bits per heavy atom. The highest BCUT2D eigenvalue weighted by atomic mass is 16.5. The van der Waals surface area contributed by atoms with Crippen LogP contribution in [0.5, 0.6) is 0 Å². The van der Waals surface area contributed by atoms with Gasteiger partial charge in [-0.1, -0.05) is 12.1 Å². The molecule has 0 bridgehead atoms. The molecule has 3 heteroatoms. The van der Waals surface area contributed by atoms with Gasteiger partial charge in [0.15, 0.2) is 0 Å². The molecule has 1 saturated carbocycles. The second-order valence-electron chi connectivity index (χ2n) is 4.44. The van der Waals surface area contributed by atoms with Crippen LogP contribution in [0.15, 0.2) is 24.3 Å². The summed E-state index contributed by atoms with van der Waals surface area (Å²) in [5, 5.41) is 0. The molecular weight excluding hydrogens is 200 g/mol. The van der Waals surface area contributed by atoms with Crippen molar-refractivity contribution in [2.24, 2.45) is 0 Å². The SMILES string of the molecule is COCCN(Cc1cccc(N)c1)C1CC1. The highest BCUT2D eigenvalue weighted by Crippen LogP contribution is 2.28. The van der Waals surface area contributed by atoms with E-state index in [2.05, 4.69) is 17.0 Å². The molecular formula is C13H20N2O. The Labute approximate surface area is 97.2 Å². The number of nitrogens with zero attached hydrogens (tertiary/aromatic N) is 1. The van der Waals surface area contributed by atoms with E-state index in [9.17, 15) is 0 Å². The van der Waals surface area contributed by atoms with Crippen molar-refractivity contribution in [2.75, 3.05) is 26.0 Å². The Morgan fingerprint density at radius 1 is 1.44 bits per heavy atom. The summed E-state index contributed by atoms with van der Waals surface area (Å²) < 4.78 is 5.15. The van der Waals surface area contributed by atoms with Crippen LogP contribution in [-0.2, 0) is 11.3 Å². The first kappa shape index (κ1) is 11.4. The lowest BCUT2D eigenvalue weighted by atomic mass is 10.2. The summed E-state index contributed by atoms with van der Waals surface area (Å²) >= 11 is 0. The largest absolute Gasteiger partial charge is 0.399 e. The number of hydrogen-bond acceptors (Lipinski definition) is 3. The number of methoxy groups -OCH3 is 1. The monoisotopic (exact) mass is 220 g/mol. The molecule has 0 radical (unpaired) electrons. The Bertz CT molecular complexity index is 336. The Morgan fingerprint density at radius 2 is 2.25 bits per heavy atom. The topological polar surface area (TPSA) is 38.5 Å². The molecule has 2 rings (SSSR count). The van der Waals surface area contributed by atoms with Gasteiger partial charge in [0.1, 0.15) is 0 Å². The molecule has 0 aliphatic heterocycles. The van der Waals surface area contributed by atoms with E-state index in [1.807, 2.05) is 12.1 Å². The number of anilines is 1. The Kier molecular flexibility index (Phi) is 3.80. The summed E-state index contributed by atoms with van der Waals surface area (Å²) in [7, 11) is 1.76. The van der Waals surface area contributed by atoms with Crippen molar-refractivity contribution in [3.63, 3.8) is 0 Å². The average molecular weight is 220 g/mol. The molecule has 1 aliphatic rings. The number of nitrogen functional groups attached to an aromatic ring is 1. The predicted molar refractivity (Wildman–Crippen MR) is 66.2 cm³/mol. The summed E-state index contributed by atoms with van der Waals surface area (Å²) in [6, 6.07) is 8.91. The summed E-state index contributed by atoms with van der Waals surface area (Å²) in [6.45, 7) is 2.80. The molecule has 0 atom stereocenters. The molecule has 16 heavy (non-hydrogen) atoms. The third-order valence-electron chi connectivity index (χ3n) is 2.98. The van der Waals surface area contributed by atoms with E-state index in [0.29, 0.717) is 0 Å². The summed E-state index contributed by atoms with van der Waals surface area (Å²) in [5.74, 6) is 0. The average Bonchev–Trinajstić information content (AvgIpc) is 3.08. The van der Waals surface area contributed by atoms with Gasteiger partial charge in [-0.3, -0.25) is 4.90 Å². The molecule has 0 heterocycles. The van der Waals surface area contributed by atoms with E-state index < -0.39 is 0 Å². The van der Waals surface area contributed by atoms with Crippen molar-refractivity contribution >= 4 is 5.69 Å². The zero-order valence-electron chi connectivity index (χ0n) is 9.86. The zero-order chi connectivity index (χ0) is 11.4. The quantitative estimate of drug-likeness (QED) is 0.744. The van der Waals surface area contributed by atoms with Gasteiger partial charge in [-0.15, -0.1) is 0 Å². The molecule has 1 aromatic carbocycles. The van der Waals surface area contributed by atoms with E-state index in [1.165, 1.54) is 18.4 Å². The van der Waals surface area contributed by atoms with Crippen LogP contribution in [0.1, 0.15) is 18.4 Å². The summed E-state index contributed by atoms with van der Waals surface area (Å²) in [6.07, 6.45) is 2.65. The van der Waals surface area contributed by atoms with Gasteiger partial charge < -0.3 is 10.5 Å². The van der Waals surface area contributed by atoms with Crippen LogP contribution in [0.2, 0.25) is 0 Å². The van der Waals surface area contributed by atoms with Crippen molar-refractivity contribution in [2.45, 2.75) is 25.4 Å². The maximum absolute atomic E-state index is 5.78. The molecule has 0 unspecified atom stereocenters. The van der Waals surface area contributed by atoms with Crippen LogP contribution in [-0.4, -0.2) is 31.2 Å². The Hall–Kier alpha value is -1.06. The van der Waals surface area contributed by atoms with E-state index in [-0.39, 0.29) is 0 Å². The molecule has 3 nitrogen and oxygen atoms in total. The first-order valence-electron chi connectivity index (χ1n) is 5.87. The molecule has 1 aliphatic carbocycles. The third kappa shape index (κ3) is 3.22. The normalized spacial score (nSPS) is 15.6. The van der Waals surface area contributed by atoms with Crippen LogP contribution in [0, 0.1) is 0 Å². The number of hydrogen-bond donors (Lipinski definition) is 1. The number of rotatable bonds is 6. The predicted octanol–water partition coefficient (Wildman–Crippen LogP) is 1.88. The lowest BCUT2D eigenvalue weighted by Gasteiger charge is -2.21. The molecule has 0 amide bonds. The van der Waals surface area contributed by atoms with Gasteiger partial charge in [-0.2, -0.15) is 0 Å². The zero-order valence-corrected chi connectivity index (χ0v) is 9.86. The van der Waals surface area contributed by atoms with Crippen molar-refractivity contribution in [3.8, 4) is 0 Å². The van der Waals surface area contributed by atoms with Crippen molar-refractivity contribution in [1.82, 2.24) is 4.90 Å². The highest BCUT2D eigenvalue weighted by molar-refractivity contribution is 5.40. The van der Waals surface area contributed by atoms with Crippen molar-refractivity contribution in [1.29, 1.82) is 0 Å². The maximum atomic E-state index is 5.78. The fourth-order valence-corrected chi connectivity index (χ4v) is 1.96. The fourth-order valence-electron chi connectivity index (χ4n) is 1.96. The van der Waals surface area contributed by atoms with E-state index in [1.54, 1.807) is 7.11 Å². The number of ether oxygens (including phenoxy) is 1. The number of nitrogens with two attached hydrogens (primary N) is 1. The van der Waals surface area contributed by atoms with Gasteiger partial charge in [0.25, 0.3) is 0 Å². The lowest BCUT2D eigenvalue weighted by Crippen LogP contribution is -2.29. The first-order chi connectivity index (χ1) is 7.79. The van der Waals surface area contributed by atoms with E-state index in [0.717, 1.165) is 31.4 Å². The minimum Gasteiger partial charge on any atom is -0.399 e. The fraction of sp³-hybridized carbons (Fsp3) is 0.538. The third-order valence-corrected chi connectivity index (χ3v) is 2.98. The van der Waals surface area contributed by atoms with Crippen molar-refractivity contribution < 1.29 is 4.74 Å². The van der Waals surface area contributed by atoms with Crippen LogP contribution in [0.3, 0.4) is 0 Å². The summed E-state index contributed by atoms with van der Waals surface area (Å²) in [4.78, 5) is 2.48. The minimum atomic E-state index is 0.761. The van der Waals surface area contributed by atoms with Gasteiger partial charge in [0.05, 0.1) is 6.61 Å². The molecule has 0 saturated heterocycles. The molecule has 1 fully saturated rings. The second kappa shape index (κ2) is 5.32.